The van der Waals surface area contributed by atoms with Crippen LogP contribution in [0.25, 0.3) is 0 Å². The first-order valence-electron chi connectivity index (χ1n) is 7.78. The van der Waals surface area contributed by atoms with Crippen LogP contribution in [0.15, 0.2) is 35.4 Å². The first-order valence-corrected chi connectivity index (χ1v) is 8.15. The molecule has 0 saturated carbocycles. The molecule has 3 heterocycles. The molecule has 0 atom stereocenters. The zero-order valence-electron chi connectivity index (χ0n) is 13.4. The Labute approximate surface area is 151 Å². The third-order valence-electron chi connectivity index (χ3n) is 4.13. The second-order valence-corrected chi connectivity index (χ2v) is 6.18. The molecule has 138 valence electrons. The van der Waals surface area contributed by atoms with Crippen molar-refractivity contribution in [3.63, 3.8) is 0 Å². The van der Waals surface area contributed by atoms with Gasteiger partial charge in [0.2, 0.25) is 0 Å². The summed E-state index contributed by atoms with van der Waals surface area (Å²) >= 11 is 5.99. The van der Waals surface area contributed by atoms with Crippen molar-refractivity contribution >= 4 is 23.3 Å². The highest BCUT2D eigenvalue weighted by Crippen LogP contribution is 2.32. The number of rotatable bonds is 2. The van der Waals surface area contributed by atoms with Gasteiger partial charge in [0, 0.05) is 6.20 Å². The quantitative estimate of drug-likeness (QED) is 0.854. The fourth-order valence-corrected chi connectivity index (χ4v) is 3.05. The monoisotopic (exact) mass is 387 g/mol. The Morgan fingerprint density at radius 1 is 1.23 bits per heavy atom. The minimum atomic E-state index is -4.48. The summed E-state index contributed by atoms with van der Waals surface area (Å²) < 4.78 is 38.1. The number of nitrogens with zero attached hydrogens (tertiary/aromatic N) is 2. The molecule has 10 heteroatoms. The van der Waals surface area contributed by atoms with Gasteiger partial charge in [-0.2, -0.15) is 13.2 Å². The van der Waals surface area contributed by atoms with Gasteiger partial charge in [0.05, 0.1) is 18.7 Å². The minimum absolute atomic E-state index is 0.0425. The standard InChI is InChI=1S/C16H14ClF3N4O2/c17-12-8-10(16(18,19)20)9-22-13(12)23-4-6-24(7-5-23)15(26)11-2-1-3-21-14(11)25/h1-3,8-9H,4-7H2,(H,21,25)/p+1. The number of anilines is 1. The molecule has 0 unspecified atom stereocenters. The predicted molar refractivity (Wildman–Crippen MR) is 88.2 cm³/mol. The van der Waals surface area contributed by atoms with E-state index in [1.165, 1.54) is 17.2 Å². The van der Waals surface area contributed by atoms with Crippen LogP contribution >= 0.6 is 11.6 Å². The lowest BCUT2D eigenvalue weighted by molar-refractivity contribution is -0.367. The van der Waals surface area contributed by atoms with E-state index in [0.29, 0.717) is 32.0 Å². The summed E-state index contributed by atoms with van der Waals surface area (Å²) in [5, 5.41) is -0.0425. The number of H-pyrrole nitrogens is 2. The molecule has 0 bridgehead atoms. The summed E-state index contributed by atoms with van der Waals surface area (Å²) in [6, 6.07) is 3.89. The van der Waals surface area contributed by atoms with Gasteiger partial charge in [-0.3, -0.25) is 14.5 Å². The van der Waals surface area contributed by atoms with E-state index in [1.54, 1.807) is 11.0 Å². The number of carbonyl (C=O) groups is 1. The number of halogens is 4. The van der Waals surface area contributed by atoms with Crippen LogP contribution < -0.4 is 15.4 Å². The highest BCUT2D eigenvalue weighted by atomic mass is 35.5. The Bertz CT molecular complexity index is 876. The summed E-state index contributed by atoms with van der Waals surface area (Å²) in [5.41, 5.74) is -1.26. The van der Waals surface area contributed by atoms with Crippen LogP contribution in [-0.2, 0) is 6.18 Å². The van der Waals surface area contributed by atoms with Gasteiger partial charge in [-0.05, 0) is 18.2 Å². The molecule has 2 aromatic heterocycles. The molecule has 2 aromatic rings. The number of nitrogens with one attached hydrogen (secondary N) is 2. The zero-order chi connectivity index (χ0) is 18.9. The van der Waals surface area contributed by atoms with Crippen LogP contribution in [0.3, 0.4) is 0 Å². The van der Waals surface area contributed by atoms with Gasteiger partial charge >= 0.3 is 6.18 Å². The molecule has 6 nitrogen and oxygen atoms in total. The number of carbonyl (C=O) groups excluding carboxylic acids is 1. The number of aromatic nitrogens is 2. The smallest absolute Gasteiger partial charge is 0.331 e. The maximum atomic E-state index is 12.7. The summed E-state index contributed by atoms with van der Waals surface area (Å²) in [4.78, 5) is 32.5. The number of alkyl halides is 3. The Hall–Kier alpha value is -2.55. The van der Waals surface area contributed by atoms with Crippen LogP contribution in [0.1, 0.15) is 15.9 Å². The minimum Gasteiger partial charge on any atom is -0.331 e. The molecule has 1 saturated heterocycles. The molecular weight excluding hydrogens is 373 g/mol. The molecule has 1 amide bonds. The molecule has 1 aliphatic heterocycles. The molecule has 0 aromatic carbocycles. The molecule has 1 fully saturated rings. The lowest BCUT2D eigenvalue weighted by atomic mass is 10.2. The molecule has 0 radical (unpaired) electrons. The second kappa shape index (κ2) is 6.99. The molecule has 0 aliphatic carbocycles. The molecular formula is C16H15ClF3N4O2+. The van der Waals surface area contributed by atoms with E-state index in [4.69, 9.17) is 11.6 Å². The highest BCUT2D eigenvalue weighted by molar-refractivity contribution is 6.32. The number of hydrogen-bond acceptors (Lipinski definition) is 3. The van der Waals surface area contributed by atoms with Gasteiger partial charge in [-0.1, -0.05) is 11.6 Å². The van der Waals surface area contributed by atoms with Gasteiger partial charge in [-0.15, -0.1) is 0 Å². The van der Waals surface area contributed by atoms with E-state index >= 15 is 0 Å². The van der Waals surface area contributed by atoms with Gasteiger partial charge < -0.3 is 9.88 Å². The van der Waals surface area contributed by atoms with Crippen LogP contribution in [0.2, 0.25) is 5.02 Å². The average molecular weight is 388 g/mol. The summed E-state index contributed by atoms with van der Waals surface area (Å²) in [7, 11) is 0. The van der Waals surface area contributed by atoms with Gasteiger partial charge in [0.1, 0.15) is 29.9 Å². The molecule has 3 rings (SSSR count). The first-order chi connectivity index (χ1) is 12.3. The van der Waals surface area contributed by atoms with Crippen molar-refractivity contribution in [2.45, 2.75) is 6.18 Å². The van der Waals surface area contributed by atoms with E-state index in [9.17, 15) is 22.8 Å². The highest BCUT2D eigenvalue weighted by Gasteiger charge is 2.35. The fraction of sp³-hybridized carbons (Fsp3) is 0.312. The topological polar surface area (TPSA) is 70.6 Å². The SMILES string of the molecule is O=C(c1ccc[nH]c1=O)N1CCN(c2[nH+]cc(C(F)(F)F)cc2Cl)CC1. The molecule has 2 N–H and O–H groups in total. The van der Waals surface area contributed by atoms with E-state index in [-0.39, 0.29) is 16.5 Å². The summed E-state index contributed by atoms with van der Waals surface area (Å²) in [6.45, 7) is 1.38. The average Bonchev–Trinajstić information content (AvgIpc) is 2.61. The molecule has 26 heavy (non-hydrogen) atoms. The molecule has 1 aliphatic rings. The van der Waals surface area contributed by atoms with Gasteiger partial charge in [-0.25, -0.2) is 4.98 Å². The largest absolute Gasteiger partial charge is 0.419 e. The zero-order valence-corrected chi connectivity index (χ0v) is 14.2. The van der Waals surface area contributed by atoms with Crippen molar-refractivity contribution in [2.75, 3.05) is 31.1 Å². The number of pyridine rings is 2. The van der Waals surface area contributed by atoms with Gasteiger partial charge in [0.25, 0.3) is 17.3 Å². The van der Waals surface area contributed by atoms with Crippen LogP contribution in [-0.4, -0.2) is 42.0 Å². The normalized spacial score (nSPS) is 15.2. The number of piperazine rings is 1. The van der Waals surface area contributed by atoms with Crippen LogP contribution in [0, 0.1) is 0 Å². The lowest BCUT2D eigenvalue weighted by Crippen LogP contribution is -2.50. The van der Waals surface area contributed by atoms with E-state index < -0.39 is 17.3 Å². The number of aromatic amines is 2. The van der Waals surface area contributed by atoms with E-state index in [2.05, 4.69) is 9.97 Å². The van der Waals surface area contributed by atoms with Crippen molar-refractivity contribution in [3.8, 4) is 0 Å². The maximum absolute atomic E-state index is 12.7. The third-order valence-corrected chi connectivity index (χ3v) is 4.42. The predicted octanol–water partition coefficient (Wildman–Crippen LogP) is 1.82. The lowest BCUT2D eigenvalue weighted by Gasteiger charge is -2.31. The fourth-order valence-electron chi connectivity index (χ4n) is 2.76. The third kappa shape index (κ3) is 3.67. The maximum Gasteiger partial charge on any atom is 0.419 e. The Kier molecular flexibility index (Phi) is 4.90. The molecule has 0 spiro atoms. The van der Waals surface area contributed by atoms with Crippen LogP contribution in [0.4, 0.5) is 19.0 Å². The van der Waals surface area contributed by atoms with Crippen molar-refractivity contribution in [3.05, 3.63) is 57.1 Å². The Morgan fingerprint density at radius 3 is 2.50 bits per heavy atom. The first kappa shape index (κ1) is 18.2. The van der Waals surface area contributed by atoms with Gasteiger partial charge in [0.15, 0.2) is 0 Å². The number of amides is 1. The van der Waals surface area contributed by atoms with Crippen molar-refractivity contribution in [2.24, 2.45) is 0 Å². The number of hydrogen-bond donors (Lipinski definition) is 1. The Morgan fingerprint density at radius 2 is 1.92 bits per heavy atom. The van der Waals surface area contributed by atoms with Crippen molar-refractivity contribution in [1.82, 2.24) is 9.88 Å². The second-order valence-electron chi connectivity index (χ2n) is 5.77. The van der Waals surface area contributed by atoms with Crippen LogP contribution in [0.5, 0.6) is 0 Å². The van der Waals surface area contributed by atoms with Crippen molar-refractivity contribution < 1.29 is 22.9 Å². The summed E-state index contributed by atoms with van der Waals surface area (Å²) in [6.07, 6.45) is -2.17. The Balaban J connectivity index is 1.70. The van der Waals surface area contributed by atoms with E-state index in [1.807, 2.05) is 0 Å². The van der Waals surface area contributed by atoms with E-state index in [0.717, 1.165) is 12.3 Å². The van der Waals surface area contributed by atoms with Crippen molar-refractivity contribution in [1.29, 1.82) is 0 Å². The summed E-state index contributed by atoms with van der Waals surface area (Å²) in [5.74, 6) is -0.0154.